The van der Waals surface area contributed by atoms with E-state index in [9.17, 15) is 0 Å². The molecule has 0 radical (unpaired) electrons. The van der Waals surface area contributed by atoms with E-state index in [0.717, 1.165) is 22.6 Å². The average Bonchev–Trinajstić information content (AvgIpc) is 2.61. The van der Waals surface area contributed by atoms with Crippen LogP contribution < -0.4 is 4.74 Å². The topological polar surface area (TPSA) is 12.5 Å². The number of allylic oxidation sites excluding steroid dienone is 1. The number of hydrogen-bond acceptors (Lipinski definition) is 2. The molecule has 0 fully saturated rings. The van der Waals surface area contributed by atoms with Crippen molar-refractivity contribution in [3.8, 4) is 5.75 Å². The Kier molecular flexibility index (Phi) is 5.30. The lowest BCUT2D eigenvalue weighted by Crippen LogP contribution is -2.04. The predicted octanol–water partition coefficient (Wildman–Crippen LogP) is 5.65. The van der Waals surface area contributed by atoms with Gasteiger partial charge in [0.1, 0.15) is 5.75 Å². The molecule has 128 valence electrons. The van der Waals surface area contributed by atoms with Crippen LogP contribution in [0, 0.1) is 0 Å². The summed E-state index contributed by atoms with van der Waals surface area (Å²) in [7, 11) is 5.80. The number of benzene rings is 3. The first-order valence-electron chi connectivity index (χ1n) is 8.26. The summed E-state index contributed by atoms with van der Waals surface area (Å²) in [5.74, 6) is 0.906. The smallest absolute Gasteiger partial charge is 0.126 e. The van der Waals surface area contributed by atoms with Crippen LogP contribution in [0.1, 0.15) is 11.1 Å². The van der Waals surface area contributed by atoms with Crippen LogP contribution in [-0.4, -0.2) is 26.1 Å². The first-order valence-corrected chi connectivity index (χ1v) is 8.64. The number of halogens is 1. The molecule has 0 aromatic heterocycles. The van der Waals surface area contributed by atoms with E-state index in [1.807, 2.05) is 38.4 Å². The van der Waals surface area contributed by atoms with Crippen LogP contribution in [0.5, 0.6) is 5.75 Å². The van der Waals surface area contributed by atoms with Crippen molar-refractivity contribution in [3.63, 3.8) is 0 Å². The Morgan fingerprint density at radius 1 is 0.960 bits per heavy atom. The Morgan fingerprint density at radius 2 is 1.64 bits per heavy atom. The summed E-state index contributed by atoms with van der Waals surface area (Å²) in [5, 5.41) is 3.12. The highest BCUT2D eigenvalue weighted by Gasteiger charge is 2.10. The van der Waals surface area contributed by atoms with Gasteiger partial charge in [-0.1, -0.05) is 54.1 Å². The molecule has 3 aromatic rings. The van der Waals surface area contributed by atoms with Gasteiger partial charge in [0.15, 0.2) is 0 Å². The van der Waals surface area contributed by atoms with Crippen LogP contribution in [-0.2, 0) is 6.42 Å². The van der Waals surface area contributed by atoms with Gasteiger partial charge in [-0.15, -0.1) is 0 Å². The second-order valence-electron chi connectivity index (χ2n) is 6.27. The molecule has 0 amide bonds. The predicted molar refractivity (Wildman–Crippen MR) is 107 cm³/mol. The highest BCUT2D eigenvalue weighted by Crippen LogP contribution is 2.31. The van der Waals surface area contributed by atoms with Gasteiger partial charge < -0.3 is 9.64 Å². The first-order chi connectivity index (χ1) is 12.1. The van der Waals surface area contributed by atoms with Crippen LogP contribution in [0.2, 0.25) is 5.02 Å². The molecule has 0 saturated carbocycles. The van der Waals surface area contributed by atoms with Gasteiger partial charge in [-0.25, -0.2) is 0 Å². The van der Waals surface area contributed by atoms with Gasteiger partial charge in [-0.2, -0.15) is 0 Å². The lowest BCUT2D eigenvalue weighted by molar-refractivity contribution is 0.419. The van der Waals surface area contributed by atoms with Crippen molar-refractivity contribution in [1.82, 2.24) is 4.90 Å². The SMILES string of the molecule is COc1ccc(C/C(=C\N(C)C)c2ccc(Cl)cc2)c2ccccc12. The molecule has 0 saturated heterocycles. The van der Waals surface area contributed by atoms with E-state index in [0.29, 0.717) is 0 Å². The zero-order valence-electron chi connectivity index (χ0n) is 14.8. The summed E-state index contributed by atoms with van der Waals surface area (Å²) in [4.78, 5) is 2.08. The van der Waals surface area contributed by atoms with E-state index in [-0.39, 0.29) is 0 Å². The van der Waals surface area contributed by atoms with Crippen LogP contribution in [0.4, 0.5) is 0 Å². The van der Waals surface area contributed by atoms with Gasteiger partial charge in [0, 0.05) is 37.1 Å². The molecular formula is C22H22ClNO. The average molecular weight is 352 g/mol. The fraction of sp³-hybridized carbons (Fsp3) is 0.182. The molecule has 2 nitrogen and oxygen atoms in total. The zero-order chi connectivity index (χ0) is 17.8. The molecule has 3 heteroatoms. The van der Waals surface area contributed by atoms with Crippen molar-refractivity contribution in [2.75, 3.05) is 21.2 Å². The monoisotopic (exact) mass is 351 g/mol. The number of hydrogen-bond donors (Lipinski definition) is 0. The molecule has 0 N–H and O–H groups in total. The lowest BCUT2D eigenvalue weighted by Gasteiger charge is -2.15. The van der Waals surface area contributed by atoms with Gasteiger partial charge in [0.2, 0.25) is 0 Å². The van der Waals surface area contributed by atoms with Gasteiger partial charge in [-0.3, -0.25) is 0 Å². The van der Waals surface area contributed by atoms with Crippen molar-refractivity contribution in [1.29, 1.82) is 0 Å². The number of methoxy groups -OCH3 is 1. The maximum absolute atomic E-state index is 6.05. The van der Waals surface area contributed by atoms with Gasteiger partial charge >= 0.3 is 0 Å². The standard InChI is InChI=1S/C22H22ClNO/c1-24(2)15-18(16-8-11-19(23)12-9-16)14-17-10-13-22(25-3)21-7-5-4-6-20(17)21/h4-13,15H,14H2,1-3H3/b18-15+. The van der Waals surface area contributed by atoms with Crippen LogP contribution in [0.3, 0.4) is 0 Å². The molecule has 0 spiro atoms. The molecule has 0 atom stereocenters. The third kappa shape index (κ3) is 3.97. The maximum atomic E-state index is 6.05. The van der Waals surface area contributed by atoms with E-state index >= 15 is 0 Å². The van der Waals surface area contributed by atoms with Crippen LogP contribution in [0.25, 0.3) is 16.3 Å². The second kappa shape index (κ2) is 7.62. The molecule has 0 aliphatic carbocycles. The lowest BCUT2D eigenvalue weighted by atomic mass is 9.94. The van der Waals surface area contributed by atoms with Gasteiger partial charge in [-0.05, 0) is 40.3 Å². The van der Waals surface area contributed by atoms with Crippen molar-refractivity contribution in [3.05, 3.63) is 83.0 Å². The molecule has 25 heavy (non-hydrogen) atoms. The largest absolute Gasteiger partial charge is 0.496 e. The summed E-state index contributed by atoms with van der Waals surface area (Å²) in [5.41, 5.74) is 3.70. The second-order valence-corrected chi connectivity index (χ2v) is 6.71. The minimum Gasteiger partial charge on any atom is -0.496 e. The quantitative estimate of drug-likeness (QED) is 0.589. The number of nitrogens with zero attached hydrogens (tertiary/aromatic N) is 1. The summed E-state index contributed by atoms with van der Waals surface area (Å²) in [6.45, 7) is 0. The molecule has 0 heterocycles. The molecule has 0 aliphatic heterocycles. The number of rotatable bonds is 5. The van der Waals surface area contributed by atoms with Crippen molar-refractivity contribution < 1.29 is 4.74 Å². The van der Waals surface area contributed by atoms with E-state index in [2.05, 4.69) is 47.5 Å². The Morgan fingerprint density at radius 3 is 2.28 bits per heavy atom. The Balaban J connectivity index is 2.06. The minimum atomic E-state index is 0.753. The summed E-state index contributed by atoms with van der Waals surface area (Å²) < 4.78 is 5.51. The van der Waals surface area contributed by atoms with Crippen molar-refractivity contribution >= 4 is 27.9 Å². The third-order valence-corrected chi connectivity index (χ3v) is 4.46. The molecule has 0 aliphatic rings. The van der Waals surface area contributed by atoms with Crippen LogP contribution >= 0.6 is 11.6 Å². The Hall–Kier alpha value is -2.45. The van der Waals surface area contributed by atoms with E-state index < -0.39 is 0 Å². The van der Waals surface area contributed by atoms with Gasteiger partial charge in [0.05, 0.1) is 7.11 Å². The summed E-state index contributed by atoms with van der Waals surface area (Å²) >= 11 is 6.05. The maximum Gasteiger partial charge on any atom is 0.126 e. The fourth-order valence-corrected chi connectivity index (χ4v) is 3.20. The van der Waals surface area contributed by atoms with E-state index in [4.69, 9.17) is 16.3 Å². The molecule has 0 unspecified atom stereocenters. The Labute approximate surface area is 154 Å². The number of ether oxygens (including phenoxy) is 1. The highest BCUT2D eigenvalue weighted by atomic mass is 35.5. The molecule has 0 bridgehead atoms. The zero-order valence-corrected chi connectivity index (χ0v) is 15.5. The summed E-state index contributed by atoms with van der Waals surface area (Å²) in [6.07, 6.45) is 3.01. The Bertz CT molecular complexity index is 898. The van der Waals surface area contributed by atoms with E-state index in [1.165, 1.54) is 22.1 Å². The summed E-state index contributed by atoms with van der Waals surface area (Å²) in [6, 6.07) is 20.6. The highest BCUT2D eigenvalue weighted by molar-refractivity contribution is 6.30. The third-order valence-electron chi connectivity index (χ3n) is 4.20. The normalized spacial score (nSPS) is 11.6. The van der Waals surface area contributed by atoms with Crippen molar-refractivity contribution in [2.24, 2.45) is 0 Å². The minimum absolute atomic E-state index is 0.753. The van der Waals surface area contributed by atoms with Crippen molar-refractivity contribution in [2.45, 2.75) is 6.42 Å². The molecule has 3 aromatic carbocycles. The van der Waals surface area contributed by atoms with E-state index in [1.54, 1.807) is 7.11 Å². The fourth-order valence-electron chi connectivity index (χ4n) is 3.07. The van der Waals surface area contributed by atoms with Crippen LogP contribution in [0.15, 0.2) is 66.9 Å². The first kappa shape index (κ1) is 17.4. The molecular weight excluding hydrogens is 330 g/mol. The molecule has 3 rings (SSSR count). The van der Waals surface area contributed by atoms with Gasteiger partial charge in [0.25, 0.3) is 0 Å². The number of fused-ring (bicyclic) bond motifs is 1.